The largest absolute Gasteiger partial charge is 0.385 e. The van der Waals surface area contributed by atoms with E-state index >= 15 is 0 Å². The van der Waals surface area contributed by atoms with Crippen LogP contribution in [-0.4, -0.2) is 39.8 Å². The van der Waals surface area contributed by atoms with Crippen LogP contribution in [-0.2, 0) is 10.2 Å². The van der Waals surface area contributed by atoms with Gasteiger partial charge in [-0.25, -0.2) is 0 Å². The van der Waals surface area contributed by atoms with Gasteiger partial charge in [0.05, 0.1) is 0 Å². The highest BCUT2D eigenvalue weighted by Crippen LogP contribution is 2.24. The Labute approximate surface area is 159 Å². The van der Waals surface area contributed by atoms with Crippen molar-refractivity contribution in [3.63, 3.8) is 0 Å². The normalized spacial score (nSPS) is 11.8. The van der Waals surface area contributed by atoms with Gasteiger partial charge in [-0.3, -0.25) is 4.99 Å². The highest BCUT2D eigenvalue weighted by Gasteiger charge is 2.21. The van der Waals surface area contributed by atoms with E-state index in [1.807, 2.05) is 6.07 Å². The van der Waals surface area contributed by atoms with Crippen molar-refractivity contribution >= 4 is 45.9 Å². The zero-order valence-electron chi connectivity index (χ0n) is 13.8. The average molecular weight is 484 g/mol. The predicted molar refractivity (Wildman–Crippen MR) is 108 cm³/mol. The summed E-state index contributed by atoms with van der Waals surface area (Å²) in [7, 11) is 3.51. The van der Waals surface area contributed by atoms with Gasteiger partial charge in [-0.1, -0.05) is 41.9 Å². The quantitative estimate of drug-likeness (QED) is 0.270. The number of nitrogens with one attached hydrogen (secondary N) is 2. The first-order valence-corrected chi connectivity index (χ1v) is 7.98. The Morgan fingerprint density at radius 1 is 1.32 bits per heavy atom. The van der Waals surface area contributed by atoms with Crippen LogP contribution >= 0.6 is 39.9 Å². The molecule has 0 aliphatic carbocycles. The molecular weight excluding hydrogens is 457 g/mol. The lowest BCUT2D eigenvalue weighted by Gasteiger charge is -2.27. The lowest BCUT2D eigenvalue weighted by molar-refractivity contribution is 0.195. The molecule has 0 saturated heterocycles. The number of methoxy groups -OCH3 is 1. The highest BCUT2D eigenvalue weighted by atomic mass is 127. The van der Waals surface area contributed by atoms with Crippen molar-refractivity contribution in [2.45, 2.75) is 25.7 Å². The van der Waals surface area contributed by atoms with Gasteiger partial charge in [-0.2, -0.15) is 0 Å². The summed E-state index contributed by atoms with van der Waals surface area (Å²) < 4.78 is 6.14. The van der Waals surface area contributed by atoms with Gasteiger partial charge in [0.1, 0.15) is 0 Å². The molecule has 126 valence electrons. The maximum absolute atomic E-state index is 5.04. The Hall–Kier alpha value is -0.340. The van der Waals surface area contributed by atoms with Crippen LogP contribution in [0.3, 0.4) is 0 Å². The van der Waals surface area contributed by atoms with Crippen molar-refractivity contribution in [1.29, 1.82) is 0 Å². The third-order valence-corrected chi connectivity index (χ3v) is 3.84. The summed E-state index contributed by atoms with van der Waals surface area (Å²) in [5, 5.41) is 6.68. The molecule has 0 saturated carbocycles. The molecule has 0 spiro atoms. The van der Waals surface area contributed by atoms with Crippen molar-refractivity contribution in [2.75, 3.05) is 33.9 Å². The fourth-order valence-corrected chi connectivity index (χ4v) is 2.36. The van der Waals surface area contributed by atoms with Gasteiger partial charge in [0.2, 0.25) is 0 Å². The first-order chi connectivity index (χ1) is 9.99. The van der Waals surface area contributed by atoms with Gasteiger partial charge < -0.3 is 15.4 Å². The van der Waals surface area contributed by atoms with Crippen LogP contribution in [0.4, 0.5) is 0 Å². The summed E-state index contributed by atoms with van der Waals surface area (Å²) in [6.45, 7) is 6.87. The topological polar surface area (TPSA) is 45.7 Å². The Morgan fingerprint density at radius 2 is 2.05 bits per heavy atom. The lowest BCUT2D eigenvalue weighted by Crippen LogP contribution is -2.43. The SMILES string of the molecule is CN=C(NCCCOC)NCC(C)(C)c1cccc(Br)c1.I. The summed E-state index contributed by atoms with van der Waals surface area (Å²) in [5.74, 6) is 0.828. The first-order valence-electron chi connectivity index (χ1n) is 7.19. The Morgan fingerprint density at radius 3 is 2.64 bits per heavy atom. The number of hydrogen-bond acceptors (Lipinski definition) is 2. The van der Waals surface area contributed by atoms with Crippen LogP contribution in [0, 0.1) is 0 Å². The molecule has 22 heavy (non-hydrogen) atoms. The second-order valence-electron chi connectivity index (χ2n) is 5.59. The minimum atomic E-state index is 0. The average Bonchev–Trinajstić information content (AvgIpc) is 2.46. The van der Waals surface area contributed by atoms with Crippen molar-refractivity contribution in [3.8, 4) is 0 Å². The maximum atomic E-state index is 5.04. The van der Waals surface area contributed by atoms with E-state index in [0.717, 1.165) is 36.5 Å². The van der Waals surface area contributed by atoms with E-state index in [-0.39, 0.29) is 29.4 Å². The second kappa shape index (κ2) is 11.2. The summed E-state index contributed by atoms with van der Waals surface area (Å²) in [5.41, 5.74) is 1.31. The van der Waals surface area contributed by atoms with Gasteiger partial charge in [0.15, 0.2) is 5.96 Å². The molecule has 0 radical (unpaired) electrons. The monoisotopic (exact) mass is 483 g/mol. The standard InChI is InChI=1S/C16H26BrN3O.HI/c1-16(2,13-7-5-8-14(17)11-13)12-20-15(18-3)19-9-6-10-21-4;/h5,7-8,11H,6,9-10,12H2,1-4H3,(H2,18,19,20);1H. The molecule has 1 rings (SSSR count). The summed E-state index contributed by atoms with van der Waals surface area (Å²) in [6.07, 6.45) is 0.965. The van der Waals surface area contributed by atoms with E-state index in [9.17, 15) is 0 Å². The van der Waals surface area contributed by atoms with Crippen LogP contribution in [0.1, 0.15) is 25.8 Å². The molecule has 0 heterocycles. The first kappa shape index (κ1) is 21.7. The number of nitrogens with zero attached hydrogens (tertiary/aromatic N) is 1. The van der Waals surface area contributed by atoms with Crippen LogP contribution in [0.5, 0.6) is 0 Å². The fourth-order valence-electron chi connectivity index (χ4n) is 1.96. The molecule has 1 aromatic carbocycles. The summed E-state index contributed by atoms with van der Waals surface area (Å²) >= 11 is 3.53. The summed E-state index contributed by atoms with van der Waals surface area (Å²) in [4.78, 5) is 4.24. The van der Waals surface area contributed by atoms with Crippen LogP contribution < -0.4 is 10.6 Å². The highest BCUT2D eigenvalue weighted by molar-refractivity contribution is 14.0. The van der Waals surface area contributed by atoms with Gasteiger partial charge in [0.25, 0.3) is 0 Å². The molecule has 0 aliphatic rings. The predicted octanol–water partition coefficient (Wildman–Crippen LogP) is 3.55. The summed E-state index contributed by atoms with van der Waals surface area (Å²) in [6, 6.07) is 8.43. The van der Waals surface area contributed by atoms with Gasteiger partial charge in [0, 0.05) is 43.7 Å². The molecule has 2 N–H and O–H groups in total. The molecule has 0 bridgehead atoms. The molecule has 6 heteroatoms. The number of halogens is 2. The van der Waals surface area contributed by atoms with Crippen molar-refractivity contribution in [3.05, 3.63) is 34.3 Å². The van der Waals surface area contributed by atoms with Gasteiger partial charge in [-0.05, 0) is 24.1 Å². The van der Waals surface area contributed by atoms with E-state index in [1.54, 1.807) is 14.2 Å². The number of rotatable bonds is 7. The molecule has 0 atom stereocenters. The number of ether oxygens (including phenoxy) is 1. The number of guanidine groups is 1. The van der Waals surface area contributed by atoms with Crippen LogP contribution in [0.15, 0.2) is 33.7 Å². The lowest BCUT2D eigenvalue weighted by atomic mass is 9.85. The van der Waals surface area contributed by atoms with Crippen molar-refractivity contribution < 1.29 is 4.74 Å². The third-order valence-electron chi connectivity index (χ3n) is 3.35. The maximum Gasteiger partial charge on any atom is 0.191 e. The molecule has 1 aromatic rings. The minimum Gasteiger partial charge on any atom is -0.385 e. The Balaban J connectivity index is 0.00000441. The fraction of sp³-hybridized carbons (Fsp3) is 0.562. The molecule has 0 fully saturated rings. The smallest absolute Gasteiger partial charge is 0.191 e. The molecule has 0 aliphatic heterocycles. The van der Waals surface area contributed by atoms with Crippen molar-refractivity contribution in [2.24, 2.45) is 4.99 Å². The molecular formula is C16H27BrIN3O. The number of hydrogen-bond donors (Lipinski definition) is 2. The zero-order chi connectivity index (χ0) is 15.7. The van der Waals surface area contributed by atoms with E-state index in [2.05, 4.69) is 63.6 Å². The molecule has 4 nitrogen and oxygen atoms in total. The van der Waals surface area contributed by atoms with E-state index in [1.165, 1.54) is 5.56 Å². The van der Waals surface area contributed by atoms with Gasteiger partial charge >= 0.3 is 0 Å². The number of benzene rings is 1. The third kappa shape index (κ3) is 7.78. The van der Waals surface area contributed by atoms with E-state index in [4.69, 9.17) is 4.74 Å². The zero-order valence-corrected chi connectivity index (χ0v) is 17.7. The Bertz CT molecular complexity index is 466. The van der Waals surface area contributed by atoms with Crippen molar-refractivity contribution in [1.82, 2.24) is 10.6 Å². The van der Waals surface area contributed by atoms with E-state index < -0.39 is 0 Å². The van der Waals surface area contributed by atoms with Crippen LogP contribution in [0.25, 0.3) is 0 Å². The minimum absolute atomic E-state index is 0. The van der Waals surface area contributed by atoms with Gasteiger partial charge in [-0.15, -0.1) is 24.0 Å². The molecule has 0 amide bonds. The molecule has 0 unspecified atom stereocenters. The Kier molecular flexibility index (Phi) is 11.1. The number of aliphatic imine (C=N–C) groups is 1. The second-order valence-corrected chi connectivity index (χ2v) is 6.51. The van der Waals surface area contributed by atoms with Crippen LogP contribution in [0.2, 0.25) is 0 Å². The van der Waals surface area contributed by atoms with E-state index in [0.29, 0.717) is 0 Å². The molecule has 0 aromatic heterocycles.